The number of ether oxygens (including phenoxy) is 1. The summed E-state index contributed by atoms with van der Waals surface area (Å²) in [5, 5.41) is 3.05. The lowest BCUT2D eigenvalue weighted by Gasteiger charge is -2.09. The number of benzene rings is 3. The van der Waals surface area contributed by atoms with Crippen LogP contribution in [-0.4, -0.2) is 24.0 Å². The van der Waals surface area contributed by atoms with E-state index in [1.165, 1.54) is 0 Å². The van der Waals surface area contributed by atoms with Gasteiger partial charge in [0.05, 0.1) is 24.1 Å². The van der Waals surface area contributed by atoms with Crippen LogP contribution < -0.4 is 5.32 Å². The summed E-state index contributed by atoms with van der Waals surface area (Å²) in [5.41, 5.74) is 1.15. The van der Waals surface area contributed by atoms with Crippen molar-refractivity contribution in [1.29, 1.82) is 0 Å². The van der Waals surface area contributed by atoms with Gasteiger partial charge in [-0.15, -0.1) is 11.3 Å². The van der Waals surface area contributed by atoms with Gasteiger partial charge in [-0.25, -0.2) is 18.6 Å². The number of thiazole rings is 1. The lowest BCUT2D eigenvalue weighted by Crippen LogP contribution is -2.14. The second-order valence-corrected chi connectivity index (χ2v) is 7.69. The molecule has 0 radical (unpaired) electrons. The van der Waals surface area contributed by atoms with Crippen molar-refractivity contribution >= 4 is 28.9 Å². The molecular weight excluding hydrogens is 434 g/mol. The largest absolute Gasteiger partial charge is 0.465 e. The number of carbonyl (C=O) groups excluding carboxylic acids is 2. The molecule has 0 saturated carbocycles. The first-order valence-electron chi connectivity index (χ1n) is 9.48. The predicted octanol–water partition coefficient (Wildman–Crippen LogP) is 5.79. The van der Waals surface area contributed by atoms with Crippen molar-refractivity contribution in [3.8, 4) is 21.8 Å². The van der Waals surface area contributed by atoms with Crippen LogP contribution in [0.15, 0.2) is 72.8 Å². The molecular formula is C24H16F2N2O3S. The monoisotopic (exact) mass is 450 g/mol. The van der Waals surface area contributed by atoms with E-state index >= 15 is 0 Å². The van der Waals surface area contributed by atoms with Crippen LogP contribution in [0.2, 0.25) is 0 Å². The van der Waals surface area contributed by atoms with Crippen LogP contribution in [0.4, 0.5) is 14.5 Å². The number of nitrogens with zero attached hydrogens (tertiary/aromatic N) is 1. The molecule has 3 aromatic carbocycles. The number of carbonyl (C=O) groups is 2. The summed E-state index contributed by atoms with van der Waals surface area (Å²) >= 11 is 1.15. The van der Waals surface area contributed by atoms with Crippen LogP contribution in [0, 0.1) is 11.6 Å². The van der Waals surface area contributed by atoms with Crippen LogP contribution in [0.1, 0.15) is 20.0 Å². The molecule has 0 atom stereocenters. The summed E-state index contributed by atoms with van der Waals surface area (Å²) in [6.45, 7) is 0. The number of aromatic nitrogens is 1. The lowest BCUT2D eigenvalue weighted by atomic mass is 10.1. The third-order valence-corrected chi connectivity index (χ3v) is 5.71. The van der Waals surface area contributed by atoms with Crippen molar-refractivity contribution in [1.82, 2.24) is 4.98 Å². The fourth-order valence-corrected chi connectivity index (χ4v) is 4.05. The van der Waals surface area contributed by atoms with Crippen LogP contribution in [-0.2, 0) is 4.74 Å². The van der Waals surface area contributed by atoms with E-state index in [2.05, 4.69) is 15.0 Å². The maximum atomic E-state index is 14.3. The van der Waals surface area contributed by atoms with Crippen molar-refractivity contribution in [2.75, 3.05) is 12.4 Å². The van der Waals surface area contributed by atoms with Gasteiger partial charge < -0.3 is 10.1 Å². The first kappa shape index (κ1) is 21.3. The summed E-state index contributed by atoms with van der Waals surface area (Å²) in [6.07, 6.45) is 0. The Kier molecular flexibility index (Phi) is 6.04. The molecule has 5 nitrogen and oxygen atoms in total. The van der Waals surface area contributed by atoms with Gasteiger partial charge in [-0.3, -0.25) is 4.79 Å². The molecule has 0 aliphatic carbocycles. The Hall–Kier alpha value is -3.91. The van der Waals surface area contributed by atoms with E-state index in [0.717, 1.165) is 30.1 Å². The second-order valence-electron chi connectivity index (χ2n) is 6.69. The number of esters is 1. The fourth-order valence-electron chi connectivity index (χ4n) is 3.06. The van der Waals surface area contributed by atoms with Gasteiger partial charge in [0.2, 0.25) is 0 Å². The molecule has 0 unspecified atom stereocenters. The molecule has 1 N–H and O–H groups in total. The van der Waals surface area contributed by atoms with Gasteiger partial charge in [0.1, 0.15) is 21.5 Å². The van der Waals surface area contributed by atoms with Crippen molar-refractivity contribution in [3.05, 3.63) is 94.9 Å². The molecule has 160 valence electrons. The van der Waals surface area contributed by atoms with E-state index in [9.17, 15) is 18.4 Å². The highest BCUT2D eigenvalue weighted by Crippen LogP contribution is 2.34. The van der Waals surface area contributed by atoms with Gasteiger partial charge in [0.15, 0.2) is 0 Å². The van der Waals surface area contributed by atoms with E-state index in [1.54, 1.807) is 0 Å². The topological polar surface area (TPSA) is 68.3 Å². The molecule has 0 aliphatic rings. The Morgan fingerprint density at radius 3 is 2.16 bits per heavy atom. The number of hydrogen-bond donors (Lipinski definition) is 1. The SMILES string of the molecule is COC(=O)c1cc(NC(=O)c2sc(-c3ccccc3)nc2-c2ccccc2)c(F)cc1F. The molecule has 0 spiro atoms. The molecule has 0 saturated heterocycles. The lowest BCUT2D eigenvalue weighted by molar-refractivity contribution is 0.0595. The van der Waals surface area contributed by atoms with Crippen LogP contribution in [0.3, 0.4) is 0 Å². The van der Waals surface area contributed by atoms with Crippen molar-refractivity contribution in [2.24, 2.45) is 0 Å². The average Bonchev–Trinajstić information content (AvgIpc) is 3.27. The van der Waals surface area contributed by atoms with Gasteiger partial charge in [-0.2, -0.15) is 0 Å². The molecule has 1 heterocycles. The van der Waals surface area contributed by atoms with Crippen LogP contribution in [0.5, 0.6) is 0 Å². The molecule has 8 heteroatoms. The quantitative estimate of drug-likeness (QED) is 0.391. The number of nitrogens with one attached hydrogen (secondary N) is 1. The van der Waals surface area contributed by atoms with Crippen LogP contribution >= 0.6 is 11.3 Å². The minimum Gasteiger partial charge on any atom is -0.465 e. The highest BCUT2D eigenvalue weighted by Gasteiger charge is 2.23. The highest BCUT2D eigenvalue weighted by atomic mass is 32.1. The van der Waals surface area contributed by atoms with Crippen molar-refractivity contribution in [2.45, 2.75) is 0 Å². The zero-order chi connectivity index (χ0) is 22.7. The third kappa shape index (κ3) is 4.26. The van der Waals surface area contributed by atoms with Gasteiger partial charge >= 0.3 is 5.97 Å². The molecule has 0 aliphatic heterocycles. The predicted molar refractivity (Wildman–Crippen MR) is 119 cm³/mol. The molecule has 4 rings (SSSR count). The number of hydrogen-bond acceptors (Lipinski definition) is 5. The Bertz CT molecular complexity index is 1290. The molecule has 1 amide bonds. The smallest absolute Gasteiger partial charge is 0.340 e. The highest BCUT2D eigenvalue weighted by molar-refractivity contribution is 7.17. The summed E-state index contributed by atoms with van der Waals surface area (Å²) in [6, 6.07) is 19.9. The number of amides is 1. The Morgan fingerprint density at radius 1 is 0.906 bits per heavy atom. The standard InChI is InChI=1S/C24H16F2N2O3S/c1-31-24(30)16-12-19(18(26)13-17(16)25)27-22(29)21-20(14-8-4-2-5-9-14)28-23(32-21)15-10-6-3-7-11-15/h2-13H,1H3,(H,27,29). The van der Waals surface area contributed by atoms with Gasteiger partial charge in [0.25, 0.3) is 5.91 Å². The molecule has 32 heavy (non-hydrogen) atoms. The van der Waals surface area contributed by atoms with E-state index in [1.807, 2.05) is 60.7 Å². The zero-order valence-corrected chi connectivity index (χ0v) is 17.6. The Balaban J connectivity index is 1.76. The number of rotatable bonds is 5. The number of anilines is 1. The Morgan fingerprint density at radius 2 is 1.53 bits per heavy atom. The van der Waals surface area contributed by atoms with E-state index in [-0.39, 0.29) is 10.6 Å². The first-order valence-corrected chi connectivity index (χ1v) is 10.3. The van der Waals surface area contributed by atoms with Gasteiger partial charge in [0, 0.05) is 17.2 Å². The van der Waals surface area contributed by atoms with Gasteiger partial charge in [-0.05, 0) is 6.07 Å². The summed E-state index contributed by atoms with van der Waals surface area (Å²) in [7, 11) is 1.08. The minimum atomic E-state index is -1.08. The van der Waals surface area contributed by atoms with Gasteiger partial charge in [-0.1, -0.05) is 60.7 Å². The minimum absolute atomic E-state index is 0.249. The third-order valence-electron chi connectivity index (χ3n) is 4.61. The van der Waals surface area contributed by atoms with Crippen molar-refractivity contribution < 1.29 is 23.1 Å². The molecule has 1 aromatic heterocycles. The van der Waals surface area contributed by atoms with E-state index in [4.69, 9.17) is 0 Å². The molecule has 0 fully saturated rings. The molecule has 0 bridgehead atoms. The van der Waals surface area contributed by atoms with E-state index < -0.39 is 29.1 Å². The Labute approximate surface area is 186 Å². The summed E-state index contributed by atoms with van der Waals surface area (Å²) < 4.78 is 32.8. The van der Waals surface area contributed by atoms with Crippen molar-refractivity contribution in [3.63, 3.8) is 0 Å². The number of halogens is 2. The first-order chi connectivity index (χ1) is 15.5. The zero-order valence-electron chi connectivity index (χ0n) is 16.8. The fraction of sp³-hybridized carbons (Fsp3) is 0.0417. The maximum absolute atomic E-state index is 14.3. The molecule has 4 aromatic rings. The van der Waals surface area contributed by atoms with Crippen LogP contribution in [0.25, 0.3) is 21.8 Å². The summed E-state index contributed by atoms with van der Waals surface area (Å²) in [4.78, 5) is 29.8. The summed E-state index contributed by atoms with van der Waals surface area (Å²) in [5.74, 6) is -3.71. The van der Waals surface area contributed by atoms with E-state index in [0.29, 0.717) is 22.3 Å². The second kappa shape index (κ2) is 9.07. The number of methoxy groups -OCH3 is 1. The maximum Gasteiger partial charge on any atom is 0.340 e. The average molecular weight is 450 g/mol. The normalized spacial score (nSPS) is 10.6.